The van der Waals surface area contributed by atoms with Gasteiger partial charge in [0, 0.05) is 18.8 Å². The molecule has 1 aromatic carbocycles. The zero-order valence-corrected chi connectivity index (χ0v) is 9.30. The largest absolute Gasteiger partial charge is 0.396 e. The summed E-state index contributed by atoms with van der Waals surface area (Å²) in [6.07, 6.45) is 4.03. The maximum atomic E-state index is 11.4. The maximum Gasteiger partial charge on any atom is 0.258 e. The topological polar surface area (TPSA) is 57.6 Å². The third-order valence-corrected chi connectivity index (χ3v) is 2.63. The van der Waals surface area contributed by atoms with Crippen molar-refractivity contribution in [1.29, 1.82) is 0 Å². The van der Waals surface area contributed by atoms with E-state index in [1.807, 2.05) is 12.1 Å². The van der Waals surface area contributed by atoms with Crippen molar-refractivity contribution < 1.29 is 14.7 Å². The van der Waals surface area contributed by atoms with Crippen molar-refractivity contribution in [2.45, 2.75) is 12.8 Å². The molecule has 0 unspecified atom stereocenters. The average Bonchev–Trinajstić information content (AvgIpc) is 2.67. The van der Waals surface area contributed by atoms with E-state index in [0.29, 0.717) is 12.1 Å². The first-order valence-corrected chi connectivity index (χ1v) is 5.48. The second-order valence-corrected chi connectivity index (χ2v) is 3.84. The number of benzene rings is 1. The summed E-state index contributed by atoms with van der Waals surface area (Å²) in [5.74, 6) is -0.615. The predicted molar refractivity (Wildman–Crippen MR) is 63.5 cm³/mol. The molecule has 1 heterocycles. The number of hydrogen-bond donors (Lipinski definition) is 1. The number of aryl methyl sites for hydroxylation is 1. The molecule has 1 aliphatic heterocycles. The van der Waals surface area contributed by atoms with Crippen molar-refractivity contribution in [3.8, 4) is 0 Å². The molecule has 1 aliphatic rings. The molecule has 0 fully saturated rings. The molecule has 2 rings (SSSR count). The van der Waals surface area contributed by atoms with E-state index in [0.717, 1.165) is 16.9 Å². The molecule has 0 aromatic heterocycles. The van der Waals surface area contributed by atoms with Crippen LogP contribution in [0, 0.1) is 0 Å². The second-order valence-electron chi connectivity index (χ2n) is 3.84. The molecule has 0 aliphatic carbocycles. The van der Waals surface area contributed by atoms with Crippen LogP contribution in [0.3, 0.4) is 0 Å². The van der Waals surface area contributed by atoms with Gasteiger partial charge in [-0.1, -0.05) is 12.1 Å². The van der Waals surface area contributed by atoms with E-state index in [9.17, 15) is 9.59 Å². The minimum Gasteiger partial charge on any atom is -0.396 e. The normalized spacial score (nSPS) is 14.8. The first-order chi connectivity index (χ1) is 8.22. The highest BCUT2D eigenvalue weighted by atomic mass is 16.3. The van der Waals surface area contributed by atoms with Crippen LogP contribution in [-0.4, -0.2) is 23.5 Å². The first-order valence-electron chi connectivity index (χ1n) is 5.48. The van der Waals surface area contributed by atoms with E-state index in [1.54, 1.807) is 12.1 Å². The van der Waals surface area contributed by atoms with Crippen molar-refractivity contribution in [3.63, 3.8) is 0 Å². The standard InChI is InChI=1S/C13H13NO3/c15-9-1-2-10-3-5-11(6-4-10)14-12(16)7-8-13(14)17/h3-8,15H,1-2,9H2. The number of carbonyl (C=O) groups excluding carboxylic acids is 2. The van der Waals surface area contributed by atoms with Crippen molar-refractivity contribution in [2.75, 3.05) is 11.5 Å². The summed E-state index contributed by atoms with van der Waals surface area (Å²) in [6.45, 7) is 0.161. The number of aliphatic hydroxyl groups excluding tert-OH is 1. The van der Waals surface area contributed by atoms with Gasteiger partial charge in [-0.25, -0.2) is 4.90 Å². The molecule has 0 radical (unpaired) electrons. The van der Waals surface area contributed by atoms with Crippen LogP contribution >= 0.6 is 0 Å². The number of carbonyl (C=O) groups is 2. The Morgan fingerprint density at radius 2 is 1.59 bits per heavy atom. The summed E-state index contributed by atoms with van der Waals surface area (Å²) in [5, 5.41) is 8.72. The van der Waals surface area contributed by atoms with Gasteiger partial charge < -0.3 is 5.11 Å². The Bertz CT molecular complexity index is 444. The Balaban J connectivity index is 2.13. The zero-order chi connectivity index (χ0) is 12.3. The summed E-state index contributed by atoms with van der Waals surface area (Å²) < 4.78 is 0. The fourth-order valence-electron chi connectivity index (χ4n) is 1.75. The number of aliphatic hydroxyl groups is 1. The Hall–Kier alpha value is -1.94. The molecular formula is C13H13NO3. The van der Waals surface area contributed by atoms with Gasteiger partial charge in [-0.15, -0.1) is 0 Å². The van der Waals surface area contributed by atoms with Gasteiger partial charge in [-0.3, -0.25) is 9.59 Å². The summed E-state index contributed by atoms with van der Waals surface area (Å²) in [6, 6.07) is 7.22. The Kier molecular flexibility index (Phi) is 3.35. The van der Waals surface area contributed by atoms with Gasteiger partial charge in [-0.2, -0.15) is 0 Å². The number of imide groups is 1. The summed E-state index contributed by atoms with van der Waals surface area (Å²) in [4.78, 5) is 24.0. The van der Waals surface area contributed by atoms with E-state index in [2.05, 4.69) is 0 Å². The highest BCUT2D eigenvalue weighted by Crippen LogP contribution is 2.19. The minimum atomic E-state index is -0.307. The van der Waals surface area contributed by atoms with E-state index >= 15 is 0 Å². The van der Waals surface area contributed by atoms with Gasteiger partial charge in [0.05, 0.1) is 5.69 Å². The fraction of sp³-hybridized carbons (Fsp3) is 0.231. The van der Waals surface area contributed by atoms with Crippen LogP contribution < -0.4 is 4.90 Å². The predicted octanol–water partition coefficient (Wildman–Crippen LogP) is 1.04. The second kappa shape index (κ2) is 4.93. The van der Waals surface area contributed by atoms with Gasteiger partial charge in [0.25, 0.3) is 11.8 Å². The van der Waals surface area contributed by atoms with Crippen LogP contribution in [0.15, 0.2) is 36.4 Å². The molecule has 2 amide bonds. The molecule has 0 atom stereocenters. The van der Waals surface area contributed by atoms with Gasteiger partial charge in [0.2, 0.25) is 0 Å². The zero-order valence-electron chi connectivity index (χ0n) is 9.30. The average molecular weight is 231 g/mol. The summed E-state index contributed by atoms with van der Waals surface area (Å²) in [7, 11) is 0. The lowest BCUT2D eigenvalue weighted by Gasteiger charge is -2.14. The number of anilines is 1. The molecule has 4 nitrogen and oxygen atoms in total. The van der Waals surface area contributed by atoms with Crippen LogP contribution in [0.25, 0.3) is 0 Å². The third kappa shape index (κ3) is 2.42. The number of rotatable bonds is 4. The molecule has 0 saturated heterocycles. The Labute approximate surface area is 99.2 Å². The van der Waals surface area contributed by atoms with Crippen molar-refractivity contribution in [2.24, 2.45) is 0 Å². The van der Waals surface area contributed by atoms with Crippen LogP contribution in [-0.2, 0) is 16.0 Å². The molecule has 0 saturated carbocycles. The van der Waals surface area contributed by atoms with E-state index in [1.165, 1.54) is 12.2 Å². The highest BCUT2D eigenvalue weighted by molar-refractivity contribution is 6.28. The molecular weight excluding hydrogens is 218 g/mol. The smallest absolute Gasteiger partial charge is 0.258 e. The third-order valence-electron chi connectivity index (χ3n) is 2.63. The molecule has 1 aromatic rings. The summed E-state index contributed by atoms with van der Waals surface area (Å²) in [5.41, 5.74) is 1.66. The SMILES string of the molecule is O=C1C=CC(=O)N1c1ccc(CCCO)cc1. The quantitative estimate of drug-likeness (QED) is 0.788. The highest BCUT2D eigenvalue weighted by Gasteiger charge is 2.24. The van der Waals surface area contributed by atoms with Crippen molar-refractivity contribution in [3.05, 3.63) is 42.0 Å². The number of nitrogens with zero attached hydrogens (tertiary/aromatic N) is 1. The molecule has 1 N–H and O–H groups in total. The van der Waals surface area contributed by atoms with Crippen molar-refractivity contribution in [1.82, 2.24) is 0 Å². The van der Waals surface area contributed by atoms with Crippen LogP contribution in [0.4, 0.5) is 5.69 Å². The van der Waals surface area contributed by atoms with Crippen LogP contribution in [0.1, 0.15) is 12.0 Å². The van der Waals surface area contributed by atoms with E-state index < -0.39 is 0 Å². The van der Waals surface area contributed by atoms with Gasteiger partial charge in [0.15, 0.2) is 0 Å². The maximum absolute atomic E-state index is 11.4. The monoisotopic (exact) mass is 231 g/mol. The Morgan fingerprint density at radius 1 is 1.00 bits per heavy atom. The summed E-state index contributed by atoms with van der Waals surface area (Å²) >= 11 is 0. The van der Waals surface area contributed by atoms with E-state index in [4.69, 9.17) is 5.11 Å². The number of amides is 2. The molecule has 17 heavy (non-hydrogen) atoms. The molecule has 4 heteroatoms. The lowest BCUT2D eigenvalue weighted by atomic mass is 10.1. The van der Waals surface area contributed by atoms with Gasteiger partial charge in [0.1, 0.15) is 0 Å². The number of hydrogen-bond acceptors (Lipinski definition) is 3. The fourth-order valence-corrected chi connectivity index (χ4v) is 1.75. The van der Waals surface area contributed by atoms with Gasteiger partial charge >= 0.3 is 0 Å². The molecule has 0 bridgehead atoms. The lowest BCUT2D eigenvalue weighted by Crippen LogP contribution is -2.29. The van der Waals surface area contributed by atoms with Crippen LogP contribution in [0.2, 0.25) is 0 Å². The van der Waals surface area contributed by atoms with Crippen LogP contribution in [0.5, 0.6) is 0 Å². The van der Waals surface area contributed by atoms with E-state index in [-0.39, 0.29) is 18.4 Å². The molecule has 88 valence electrons. The van der Waals surface area contributed by atoms with Gasteiger partial charge in [-0.05, 0) is 30.5 Å². The Morgan fingerprint density at radius 3 is 2.12 bits per heavy atom. The lowest BCUT2D eigenvalue weighted by molar-refractivity contribution is -0.119. The molecule has 0 spiro atoms. The first kappa shape index (κ1) is 11.5. The minimum absolute atomic E-state index is 0.161. The van der Waals surface area contributed by atoms with Crippen molar-refractivity contribution >= 4 is 17.5 Å².